The summed E-state index contributed by atoms with van der Waals surface area (Å²) in [4.78, 5) is 26.6. The number of hydrogen-bond acceptors (Lipinski definition) is 8. The highest BCUT2D eigenvalue weighted by molar-refractivity contribution is 8.01. The minimum absolute atomic E-state index is 0.0515. The molecule has 3 rings (SSSR count). The summed E-state index contributed by atoms with van der Waals surface area (Å²) in [5.74, 6) is 0.650. The predicted molar refractivity (Wildman–Crippen MR) is 129 cm³/mol. The van der Waals surface area contributed by atoms with E-state index < -0.39 is 0 Å². The van der Waals surface area contributed by atoms with Gasteiger partial charge < -0.3 is 20.3 Å². The molecule has 0 aliphatic heterocycles. The predicted octanol–water partition coefficient (Wildman–Crippen LogP) is 4.50. The number of hydrogen-bond donors (Lipinski definition) is 2. The fourth-order valence-corrected chi connectivity index (χ4v) is 4.49. The lowest BCUT2D eigenvalue weighted by Crippen LogP contribution is -2.30. The van der Waals surface area contributed by atoms with Crippen molar-refractivity contribution in [3.8, 4) is 5.75 Å². The molecule has 0 saturated carbocycles. The summed E-state index contributed by atoms with van der Waals surface area (Å²) in [5, 5.41) is 14.9. The molecule has 0 bridgehead atoms. The van der Waals surface area contributed by atoms with Gasteiger partial charge in [-0.25, -0.2) is 0 Å². The van der Waals surface area contributed by atoms with Gasteiger partial charge in [0.05, 0.1) is 18.6 Å². The van der Waals surface area contributed by atoms with E-state index in [0.29, 0.717) is 39.6 Å². The number of para-hydroxylation sites is 2. The second-order valence-electron chi connectivity index (χ2n) is 6.59. The first-order valence-corrected chi connectivity index (χ1v) is 11.9. The van der Waals surface area contributed by atoms with Crippen LogP contribution < -0.4 is 15.4 Å². The summed E-state index contributed by atoms with van der Waals surface area (Å²) in [7, 11) is 1.61. The fraction of sp³-hybridized carbons (Fsp3) is 0.273. The number of carbonyl (C=O) groups excluding carboxylic acids is 2. The maximum absolute atomic E-state index is 12.5. The summed E-state index contributed by atoms with van der Waals surface area (Å²) in [6, 6.07) is 14.5. The van der Waals surface area contributed by atoms with Crippen molar-refractivity contribution in [2.75, 3.05) is 36.6 Å². The molecule has 168 valence electrons. The Morgan fingerprint density at radius 1 is 1.09 bits per heavy atom. The van der Waals surface area contributed by atoms with Crippen molar-refractivity contribution in [1.29, 1.82) is 0 Å². The molecule has 1 heterocycles. The highest BCUT2D eigenvalue weighted by Crippen LogP contribution is 2.31. The molecule has 2 aromatic carbocycles. The number of carbonyl (C=O) groups is 2. The van der Waals surface area contributed by atoms with Gasteiger partial charge in [-0.2, -0.15) is 0 Å². The average molecular weight is 472 g/mol. The molecule has 1 aromatic heterocycles. The first-order chi connectivity index (χ1) is 15.5. The summed E-state index contributed by atoms with van der Waals surface area (Å²) in [6.45, 7) is 5.15. The Bertz CT molecular complexity index is 1070. The molecule has 0 unspecified atom stereocenters. The van der Waals surface area contributed by atoms with E-state index >= 15 is 0 Å². The standard InChI is InChI=1S/C22H25N5O3S2/c1-4-27(5-2)20(29)15-9-8-10-16(13-15)23-19(28)14-31-22-26-25-21(32-22)24-17-11-6-7-12-18(17)30-3/h6-13H,4-5,14H2,1-3H3,(H,23,28)(H,24,25). The summed E-state index contributed by atoms with van der Waals surface area (Å²) >= 11 is 2.65. The zero-order valence-corrected chi connectivity index (χ0v) is 19.8. The lowest BCUT2D eigenvalue weighted by atomic mass is 10.1. The van der Waals surface area contributed by atoms with Gasteiger partial charge in [-0.3, -0.25) is 9.59 Å². The van der Waals surface area contributed by atoms with Gasteiger partial charge in [0.2, 0.25) is 11.0 Å². The molecule has 0 aliphatic rings. The number of aromatic nitrogens is 2. The monoisotopic (exact) mass is 471 g/mol. The van der Waals surface area contributed by atoms with Crippen LogP contribution in [0.2, 0.25) is 0 Å². The molecular formula is C22H25N5O3S2. The maximum atomic E-state index is 12.5. The number of ether oxygens (including phenoxy) is 1. The SMILES string of the molecule is CCN(CC)C(=O)c1cccc(NC(=O)CSc2nnc(Nc3ccccc3OC)s2)c1. The molecule has 0 atom stereocenters. The van der Waals surface area contributed by atoms with Crippen LogP contribution in [0.15, 0.2) is 52.9 Å². The van der Waals surface area contributed by atoms with Crippen molar-refractivity contribution >= 4 is 51.4 Å². The van der Waals surface area contributed by atoms with Crippen molar-refractivity contribution < 1.29 is 14.3 Å². The number of nitrogens with one attached hydrogen (secondary N) is 2. The molecule has 0 fully saturated rings. The van der Waals surface area contributed by atoms with E-state index in [1.54, 1.807) is 36.3 Å². The Morgan fingerprint density at radius 3 is 2.62 bits per heavy atom. The van der Waals surface area contributed by atoms with Gasteiger partial charge in [-0.15, -0.1) is 10.2 Å². The average Bonchev–Trinajstić information content (AvgIpc) is 3.26. The van der Waals surface area contributed by atoms with Crippen LogP contribution in [0.1, 0.15) is 24.2 Å². The van der Waals surface area contributed by atoms with Crippen LogP contribution in [0.25, 0.3) is 0 Å². The third kappa shape index (κ3) is 6.21. The molecular weight excluding hydrogens is 446 g/mol. The van der Waals surface area contributed by atoms with E-state index in [-0.39, 0.29) is 17.6 Å². The molecule has 0 saturated heterocycles. The number of methoxy groups -OCH3 is 1. The molecule has 0 radical (unpaired) electrons. The Kier molecular flexibility index (Phi) is 8.46. The molecule has 3 aromatic rings. The van der Waals surface area contributed by atoms with Gasteiger partial charge in [0.1, 0.15) is 5.75 Å². The summed E-state index contributed by atoms with van der Waals surface area (Å²) < 4.78 is 5.99. The van der Waals surface area contributed by atoms with E-state index in [4.69, 9.17) is 4.74 Å². The van der Waals surface area contributed by atoms with Gasteiger partial charge in [0, 0.05) is 24.3 Å². The van der Waals surface area contributed by atoms with Crippen LogP contribution in [0.5, 0.6) is 5.75 Å². The van der Waals surface area contributed by atoms with Crippen LogP contribution in [-0.2, 0) is 4.79 Å². The van der Waals surface area contributed by atoms with Crippen molar-refractivity contribution in [3.05, 3.63) is 54.1 Å². The Hall–Kier alpha value is -3.11. The van der Waals surface area contributed by atoms with Crippen molar-refractivity contribution in [1.82, 2.24) is 15.1 Å². The van der Waals surface area contributed by atoms with E-state index in [0.717, 1.165) is 5.69 Å². The first kappa shape index (κ1) is 23.6. The molecule has 0 spiro atoms. The van der Waals surface area contributed by atoms with Crippen LogP contribution >= 0.6 is 23.1 Å². The Morgan fingerprint density at radius 2 is 1.88 bits per heavy atom. The molecule has 32 heavy (non-hydrogen) atoms. The smallest absolute Gasteiger partial charge is 0.253 e. The molecule has 10 heteroatoms. The van der Waals surface area contributed by atoms with Crippen molar-refractivity contribution in [3.63, 3.8) is 0 Å². The summed E-state index contributed by atoms with van der Waals surface area (Å²) in [5.41, 5.74) is 1.93. The van der Waals surface area contributed by atoms with Gasteiger partial charge in [0.15, 0.2) is 4.34 Å². The first-order valence-electron chi connectivity index (χ1n) is 10.1. The third-order valence-electron chi connectivity index (χ3n) is 4.53. The van der Waals surface area contributed by atoms with Crippen LogP contribution in [-0.4, -0.2) is 52.9 Å². The van der Waals surface area contributed by atoms with Gasteiger partial charge in [-0.05, 0) is 44.2 Å². The van der Waals surface area contributed by atoms with Crippen LogP contribution in [0.4, 0.5) is 16.5 Å². The molecule has 0 aliphatic carbocycles. The second-order valence-corrected chi connectivity index (χ2v) is 8.79. The van der Waals surface area contributed by atoms with Crippen molar-refractivity contribution in [2.24, 2.45) is 0 Å². The van der Waals surface area contributed by atoms with Crippen molar-refractivity contribution in [2.45, 2.75) is 18.2 Å². The lowest BCUT2D eigenvalue weighted by Gasteiger charge is -2.19. The number of nitrogens with zero attached hydrogens (tertiary/aromatic N) is 3. The van der Waals surface area contributed by atoms with Crippen LogP contribution in [0, 0.1) is 0 Å². The highest BCUT2D eigenvalue weighted by atomic mass is 32.2. The second kappa shape index (κ2) is 11.5. The largest absolute Gasteiger partial charge is 0.495 e. The number of benzene rings is 2. The molecule has 8 nitrogen and oxygen atoms in total. The van der Waals surface area contributed by atoms with E-state index in [1.807, 2.05) is 38.1 Å². The zero-order chi connectivity index (χ0) is 22.9. The van der Waals surface area contributed by atoms with Gasteiger partial charge in [0.25, 0.3) is 5.91 Å². The lowest BCUT2D eigenvalue weighted by molar-refractivity contribution is -0.113. The van der Waals surface area contributed by atoms with E-state index in [2.05, 4.69) is 20.8 Å². The highest BCUT2D eigenvalue weighted by Gasteiger charge is 2.14. The van der Waals surface area contributed by atoms with Crippen LogP contribution in [0.3, 0.4) is 0 Å². The zero-order valence-electron chi connectivity index (χ0n) is 18.1. The number of rotatable bonds is 10. The van der Waals surface area contributed by atoms with Gasteiger partial charge >= 0.3 is 0 Å². The number of anilines is 3. The minimum Gasteiger partial charge on any atom is -0.495 e. The topological polar surface area (TPSA) is 96.5 Å². The number of amides is 2. The molecule has 2 amide bonds. The third-order valence-corrected chi connectivity index (χ3v) is 6.50. The quantitative estimate of drug-likeness (QED) is 0.420. The van der Waals surface area contributed by atoms with E-state index in [1.165, 1.54) is 23.1 Å². The maximum Gasteiger partial charge on any atom is 0.253 e. The van der Waals surface area contributed by atoms with Gasteiger partial charge in [-0.1, -0.05) is 41.3 Å². The summed E-state index contributed by atoms with van der Waals surface area (Å²) in [6.07, 6.45) is 0. The molecule has 2 N–H and O–H groups in total. The normalized spacial score (nSPS) is 10.5. The Labute approximate surface area is 195 Å². The number of thioether (sulfide) groups is 1. The minimum atomic E-state index is -0.183. The fourth-order valence-electron chi connectivity index (χ4n) is 2.93. The van der Waals surface area contributed by atoms with E-state index in [9.17, 15) is 9.59 Å². The Balaban J connectivity index is 1.55.